The maximum atomic E-state index is 9.56. The molecular formula is C13H26BNO2Si. The van der Waals surface area contributed by atoms with Crippen LogP contribution in [0.2, 0.25) is 16.6 Å². The van der Waals surface area contributed by atoms with E-state index in [9.17, 15) is 10.0 Å². The minimum Gasteiger partial charge on any atom is -0.423 e. The van der Waals surface area contributed by atoms with E-state index >= 15 is 0 Å². The Morgan fingerprint density at radius 3 is 1.78 bits per heavy atom. The van der Waals surface area contributed by atoms with Crippen molar-refractivity contribution in [1.82, 2.24) is 4.98 Å². The lowest BCUT2D eigenvalue weighted by Crippen LogP contribution is -2.63. The molecule has 0 aliphatic rings. The lowest BCUT2D eigenvalue weighted by molar-refractivity contribution is 0.426. The zero-order valence-electron chi connectivity index (χ0n) is 12.4. The molecule has 5 heteroatoms. The summed E-state index contributed by atoms with van der Waals surface area (Å²) in [6.45, 7) is 13.6. The van der Waals surface area contributed by atoms with Gasteiger partial charge >= 0.3 is 7.12 Å². The summed E-state index contributed by atoms with van der Waals surface area (Å²) in [5.74, 6) is 0. The van der Waals surface area contributed by atoms with Crippen molar-refractivity contribution in [2.75, 3.05) is 0 Å². The van der Waals surface area contributed by atoms with E-state index in [0.717, 1.165) is 5.32 Å². The molecule has 0 radical (unpaired) electrons. The summed E-state index contributed by atoms with van der Waals surface area (Å²) in [7, 11) is -3.21. The van der Waals surface area contributed by atoms with Gasteiger partial charge < -0.3 is 15.0 Å². The first-order chi connectivity index (χ1) is 8.26. The second kappa shape index (κ2) is 5.63. The summed E-state index contributed by atoms with van der Waals surface area (Å²) < 4.78 is 0. The van der Waals surface area contributed by atoms with E-state index in [1.165, 1.54) is 0 Å². The van der Waals surface area contributed by atoms with Gasteiger partial charge in [0.05, 0.1) is 0 Å². The molecule has 0 spiro atoms. The molecule has 18 heavy (non-hydrogen) atoms. The molecule has 0 atom stereocenters. The van der Waals surface area contributed by atoms with Crippen molar-refractivity contribution in [3.8, 4) is 0 Å². The van der Waals surface area contributed by atoms with Crippen molar-refractivity contribution in [1.29, 1.82) is 0 Å². The number of rotatable bonds is 5. The monoisotopic (exact) mass is 267 g/mol. The van der Waals surface area contributed by atoms with Gasteiger partial charge in [-0.1, -0.05) is 41.5 Å². The van der Waals surface area contributed by atoms with Gasteiger partial charge in [-0.3, -0.25) is 0 Å². The average Bonchev–Trinajstić information content (AvgIpc) is 2.65. The highest BCUT2D eigenvalue weighted by Crippen LogP contribution is 2.40. The van der Waals surface area contributed by atoms with Crippen LogP contribution in [0.15, 0.2) is 12.3 Å². The largest absolute Gasteiger partial charge is 0.489 e. The number of hydrogen-bond donors (Lipinski definition) is 3. The van der Waals surface area contributed by atoms with Crippen molar-refractivity contribution in [2.24, 2.45) is 0 Å². The minimum atomic E-state index is -1.83. The fourth-order valence-corrected chi connectivity index (χ4v) is 10.6. The Bertz CT molecular complexity index is 366. The van der Waals surface area contributed by atoms with Gasteiger partial charge in [0.1, 0.15) is 8.07 Å². The smallest absolute Gasteiger partial charge is 0.423 e. The fraction of sp³-hybridized carbons (Fsp3) is 0.692. The number of aromatic amines is 1. The maximum absolute atomic E-state index is 9.56. The van der Waals surface area contributed by atoms with Crippen molar-refractivity contribution >= 4 is 26.0 Å². The van der Waals surface area contributed by atoms with Crippen molar-refractivity contribution < 1.29 is 10.0 Å². The molecule has 0 aliphatic carbocycles. The highest BCUT2D eigenvalue weighted by atomic mass is 28.3. The summed E-state index contributed by atoms with van der Waals surface area (Å²) in [6.07, 6.45) is 1.83. The molecule has 0 aromatic carbocycles. The standard InChI is InChI=1S/C13H26BNO2Si/c1-9(2)18(10(3)4,11(5)6)13-12(14(16)17)7-8-15-13/h7-11,15-17H,1-6H3. The Hall–Kier alpha value is -0.518. The molecule has 0 fully saturated rings. The second-order valence-corrected chi connectivity index (χ2v) is 11.9. The number of nitrogens with one attached hydrogen (secondary N) is 1. The predicted octanol–water partition coefficient (Wildman–Crippen LogP) is 1.58. The van der Waals surface area contributed by atoms with E-state index in [0.29, 0.717) is 22.1 Å². The van der Waals surface area contributed by atoms with E-state index in [-0.39, 0.29) is 0 Å². The van der Waals surface area contributed by atoms with Crippen molar-refractivity contribution in [3.05, 3.63) is 12.3 Å². The third-order valence-electron chi connectivity index (χ3n) is 4.36. The number of H-pyrrole nitrogens is 1. The van der Waals surface area contributed by atoms with Crippen LogP contribution in [0.3, 0.4) is 0 Å². The van der Waals surface area contributed by atoms with Gasteiger partial charge in [-0.05, 0) is 33.5 Å². The Morgan fingerprint density at radius 2 is 1.44 bits per heavy atom. The van der Waals surface area contributed by atoms with Crippen LogP contribution in [-0.2, 0) is 0 Å². The Kier molecular flexibility index (Phi) is 4.86. The van der Waals surface area contributed by atoms with E-state index in [1.54, 1.807) is 6.07 Å². The lowest BCUT2D eigenvalue weighted by atomic mass is 9.83. The predicted molar refractivity (Wildman–Crippen MR) is 81.3 cm³/mol. The first-order valence-electron chi connectivity index (χ1n) is 6.80. The van der Waals surface area contributed by atoms with E-state index in [2.05, 4.69) is 46.5 Å². The summed E-state index contributed by atoms with van der Waals surface area (Å²) in [5, 5.41) is 20.2. The Balaban J connectivity index is 3.47. The van der Waals surface area contributed by atoms with Crippen LogP contribution in [0, 0.1) is 0 Å². The van der Waals surface area contributed by atoms with Crippen LogP contribution in [0.5, 0.6) is 0 Å². The van der Waals surface area contributed by atoms with Crippen LogP contribution < -0.4 is 10.8 Å². The van der Waals surface area contributed by atoms with E-state index in [1.807, 2.05) is 6.20 Å². The molecule has 3 N–H and O–H groups in total. The Morgan fingerprint density at radius 1 is 1.00 bits per heavy atom. The van der Waals surface area contributed by atoms with Crippen LogP contribution in [-0.4, -0.2) is 30.2 Å². The molecule has 3 nitrogen and oxygen atoms in total. The minimum absolute atomic E-state index is 0.550. The molecule has 1 rings (SSSR count). The molecule has 102 valence electrons. The van der Waals surface area contributed by atoms with Gasteiger partial charge in [0, 0.05) is 6.20 Å². The van der Waals surface area contributed by atoms with Crippen LogP contribution in [0.4, 0.5) is 0 Å². The molecule has 0 unspecified atom stereocenters. The zero-order chi connectivity index (χ0) is 14.1. The summed E-state index contributed by atoms with van der Waals surface area (Å²) >= 11 is 0. The third kappa shape index (κ3) is 2.31. The molecule has 1 aromatic heterocycles. The number of aromatic nitrogens is 1. The molecule has 1 heterocycles. The zero-order valence-corrected chi connectivity index (χ0v) is 13.4. The Labute approximate surface area is 112 Å². The molecule has 0 saturated heterocycles. The number of hydrogen-bond acceptors (Lipinski definition) is 2. The molecule has 0 aliphatic heterocycles. The third-order valence-corrected chi connectivity index (χ3v) is 11.4. The SMILES string of the molecule is CC(C)[Si](c1[nH]ccc1B(O)O)(C(C)C)C(C)C. The molecule has 0 amide bonds. The molecule has 1 aromatic rings. The van der Waals surface area contributed by atoms with Gasteiger partial charge in [-0.2, -0.15) is 0 Å². The van der Waals surface area contributed by atoms with Gasteiger partial charge in [-0.15, -0.1) is 0 Å². The van der Waals surface area contributed by atoms with Gasteiger partial charge in [-0.25, -0.2) is 0 Å². The van der Waals surface area contributed by atoms with Crippen LogP contribution >= 0.6 is 0 Å². The molecular weight excluding hydrogens is 241 g/mol. The summed E-state index contributed by atoms with van der Waals surface area (Å²) in [5.41, 5.74) is 2.31. The molecule has 0 bridgehead atoms. The van der Waals surface area contributed by atoms with E-state index < -0.39 is 15.2 Å². The quantitative estimate of drug-likeness (QED) is 0.709. The van der Waals surface area contributed by atoms with Gasteiger partial charge in [0.15, 0.2) is 0 Å². The second-order valence-electron chi connectivity index (χ2n) is 6.08. The van der Waals surface area contributed by atoms with Gasteiger partial charge in [0.25, 0.3) is 0 Å². The lowest BCUT2D eigenvalue weighted by Gasteiger charge is -2.43. The highest BCUT2D eigenvalue weighted by Gasteiger charge is 2.47. The molecule has 0 saturated carbocycles. The highest BCUT2D eigenvalue weighted by molar-refractivity contribution is 6.97. The van der Waals surface area contributed by atoms with Crippen LogP contribution in [0.1, 0.15) is 41.5 Å². The maximum Gasteiger partial charge on any atom is 0.489 e. The van der Waals surface area contributed by atoms with Crippen molar-refractivity contribution in [3.63, 3.8) is 0 Å². The first kappa shape index (κ1) is 15.5. The average molecular weight is 267 g/mol. The summed E-state index contributed by atoms with van der Waals surface area (Å²) in [6, 6.07) is 1.80. The fourth-order valence-electron chi connectivity index (χ4n) is 3.84. The van der Waals surface area contributed by atoms with Gasteiger partial charge in [0.2, 0.25) is 0 Å². The van der Waals surface area contributed by atoms with Crippen molar-refractivity contribution in [2.45, 2.75) is 58.2 Å². The normalized spacial score (nSPS) is 12.8. The summed E-state index contributed by atoms with van der Waals surface area (Å²) in [4.78, 5) is 3.31. The van der Waals surface area contributed by atoms with Crippen LogP contribution in [0.25, 0.3) is 0 Å². The topological polar surface area (TPSA) is 56.2 Å². The van der Waals surface area contributed by atoms with E-state index in [4.69, 9.17) is 0 Å². The first-order valence-corrected chi connectivity index (χ1v) is 9.03.